The van der Waals surface area contributed by atoms with Crippen molar-refractivity contribution in [2.45, 2.75) is 24.9 Å². The van der Waals surface area contributed by atoms with E-state index in [1.165, 1.54) is 6.07 Å². The molecule has 0 spiro atoms. The Bertz CT molecular complexity index is 732. The minimum Gasteiger partial charge on any atom is -0.497 e. The zero-order chi connectivity index (χ0) is 16.9. The second kappa shape index (κ2) is 7.34. The number of hydrogen-bond donors (Lipinski definition) is 2. The van der Waals surface area contributed by atoms with Crippen molar-refractivity contribution in [1.82, 2.24) is 10.6 Å². The third-order valence-corrected chi connectivity index (χ3v) is 4.23. The molecular weight excluding hydrogens is 305 g/mol. The molecule has 126 valence electrons. The van der Waals surface area contributed by atoms with Gasteiger partial charge in [0.25, 0.3) is 0 Å². The van der Waals surface area contributed by atoms with E-state index in [1.54, 1.807) is 20.2 Å². The lowest BCUT2D eigenvalue weighted by atomic mass is 10.1. The van der Waals surface area contributed by atoms with E-state index in [0.717, 1.165) is 29.3 Å². The summed E-state index contributed by atoms with van der Waals surface area (Å²) in [6.45, 7) is 0.647. The summed E-state index contributed by atoms with van der Waals surface area (Å²) in [5, 5.41) is 6.64. The normalized spacial score (nSPS) is 19.7. The van der Waals surface area contributed by atoms with Gasteiger partial charge in [0, 0.05) is 25.6 Å². The van der Waals surface area contributed by atoms with E-state index in [-0.39, 0.29) is 17.8 Å². The maximum Gasteiger partial charge on any atom is 0.191 e. The van der Waals surface area contributed by atoms with Gasteiger partial charge in [-0.3, -0.25) is 4.99 Å². The summed E-state index contributed by atoms with van der Waals surface area (Å²) >= 11 is 0. The van der Waals surface area contributed by atoms with Gasteiger partial charge in [-0.2, -0.15) is 0 Å². The van der Waals surface area contributed by atoms with Gasteiger partial charge in [-0.25, -0.2) is 4.39 Å². The van der Waals surface area contributed by atoms with E-state index < -0.39 is 0 Å². The molecule has 0 aliphatic heterocycles. The van der Waals surface area contributed by atoms with Crippen molar-refractivity contribution >= 4 is 5.96 Å². The van der Waals surface area contributed by atoms with Gasteiger partial charge >= 0.3 is 0 Å². The second-order valence-corrected chi connectivity index (χ2v) is 5.89. The molecule has 0 saturated heterocycles. The average Bonchev–Trinajstić information content (AvgIpc) is 3.38. The summed E-state index contributed by atoms with van der Waals surface area (Å²) in [6, 6.07) is 15.1. The second-order valence-electron chi connectivity index (χ2n) is 5.89. The average molecular weight is 327 g/mol. The van der Waals surface area contributed by atoms with Crippen molar-refractivity contribution in [3.05, 3.63) is 65.5 Å². The molecule has 2 unspecified atom stereocenters. The molecule has 0 bridgehead atoms. The van der Waals surface area contributed by atoms with E-state index in [1.807, 2.05) is 36.4 Å². The Kier molecular flexibility index (Phi) is 4.99. The molecule has 2 N–H and O–H groups in total. The summed E-state index contributed by atoms with van der Waals surface area (Å²) in [6.07, 6.45) is 0.917. The number of halogens is 1. The van der Waals surface area contributed by atoms with E-state index in [4.69, 9.17) is 4.74 Å². The molecule has 0 aromatic heterocycles. The van der Waals surface area contributed by atoms with Crippen molar-refractivity contribution in [2.75, 3.05) is 14.2 Å². The minimum atomic E-state index is -0.133. The standard InChI is InChI=1S/C19H22FN3O/c1-21-19(22-12-13-6-5-7-14(10-13)24-2)23-18-11-16(18)15-8-3-4-9-17(15)20/h3-10,16,18H,11-12H2,1-2H3,(H2,21,22,23). The Morgan fingerprint density at radius 2 is 2.08 bits per heavy atom. The fourth-order valence-corrected chi connectivity index (χ4v) is 2.81. The van der Waals surface area contributed by atoms with Crippen molar-refractivity contribution < 1.29 is 9.13 Å². The quantitative estimate of drug-likeness (QED) is 0.655. The molecule has 1 saturated carbocycles. The van der Waals surface area contributed by atoms with Gasteiger partial charge < -0.3 is 15.4 Å². The summed E-state index contributed by atoms with van der Waals surface area (Å²) in [4.78, 5) is 4.25. The summed E-state index contributed by atoms with van der Waals surface area (Å²) in [7, 11) is 3.39. The van der Waals surface area contributed by atoms with E-state index in [0.29, 0.717) is 6.54 Å². The highest BCUT2D eigenvalue weighted by Crippen LogP contribution is 2.41. The molecule has 2 aromatic carbocycles. The largest absolute Gasteiger partial charge is 0.497 e. The Balaban J connectivity index is 1.54. The molecule has 0 radical (unpaired) electrons. The van der Waals surface area contributed by atoms with Crippen LogP contribution in [0.1, 0.15) is 23.5 Å². The van der Waals surface area contributed by atoms with Crippen LogP contribution in [0.15, 0.2) is 53.5 Å². The molecule has 3 rings (SSSR count). The van der Waals surface area contributed by atoms with Gasteiger partial charge in [0.05, 0.1) is 7.11 Å². The SMILES string of the molecule is CN=C(NCc1cccc(OC)c1)NC1CC1c1ccccc1F. The Morgan fingerprint density at radius 3 is 2.83 bits per heavy atom. The van der Waals surface area contributed by atoms with Crippen LogP contribution in [0.5, 0.6) is 5.75 Å². The number of aliphatic imine (C=N–C) groups is 1. The van der Waals surface area contributed by atoms with Crippen LogP contribution in [0, 0.1) is 5.82 Å². The predicted octanol–water partition coefficient (Wildman–Crippen LogP) is 3.06. The van der Waals surface area contributed by atoms with E-state index >= 15 is 0 Å². The monoisotopic (exact) mass is 327 g/mol. The lowest BCUT2D eigenvalue weighted by Gasteiger charge is -2.12. The first kappa shape index (κ1) is 16.3. The number of nitrogens with zero attached hydrogens (tertiary/aromatic N) is 1. The lowest BCUT2D eigenvalue weighted by Crippen LogP contribution is -2.38. The number of benzene rings is 2. The lowest BCUT2D eigenvalue weighted by molar-refractivity contribution is 0.414. The number of rotatable bonds is 5. The highest BCUT2D eigenvalue weighted by Gasteiger charge is 2.40. The highest BCUT2D eigenvalue weighted by atomic mass is 19.1. The predicted molar refractivity (Wildman–Crippen MR) is 93.9 cm³/mol. The third-order valence-electron chi connectivity index (χ3n) is 4.23. The number of hydrogen-bond acceptors (Lipinski definition) is 2. The maximum atomic E-state index is 13.8. The van der Waals surface area contributed by atoms with Crippen LogP contribution < -0.4 is 15.4 Å². The summed E-state index contributed by atoms with van der Waals surface area (Å²) in [5.41, 5.74) is 1.89. The van der Waals surface area contributed by atoms with Crippen LogP contribution in [0.4, 0.5) is 4.39 Å². The smallest absolute Gasteiger partial charge is 0.191 e. The van der Waals surface area contributed by atoms with Gasteiger partial charge in [0.15, 0.2) is 5.96 Å². The molecule has 4 nitrogen and oxygen atoms in total. The van der Waals surface area contributed by atoms with Gasteiger partial charge in [-0.1, -0.05) is 30.3 Å². The number of guanidine groups is 1. The fourth-order valence-electron chi connectivity index (χ4n) is 2.81. The van der Waals surface area contributed by atoms with Crippen LogP contribution in [0.25, 0.3) is 0 Å². The van der Waals surface area contributed by atoms with Gasteiger partial charge in [0.1, 0.15) is 11.6 Å². The maximum absolute atomic E-state index is 13.8. The summed E-state index contributed by atoms with van der Waals surface area (Å²) < 4.78 is 19.1. The molecule has 1 aliphatic rings. The number of nitrogens with one attached hydrogen (secondary N) is 2. The zero-order valence-electron chi connectivity index (χ0n) is 13.9. The minimum absolute atomic E-state index is 0.133. The van der Waals surface area contributed by atoms with Crippen molar-refractivity contribution in [3.63, 3.8) is 0 Å². The van der Waals surface area contributed by atoms with Crippen LogP contribution in [0.3, 0.4) is 0 Å². The van der Waals surface area contributed by atoms with Crippen LogP contribution in [0.2, 0.25) is 0 Å². The van der Waals surface area contributed by atoms with Crippen LogP contribution in [-0.4, -0.2) is 26.2 Å². The van der Waals surface area contributed by atoms with Crippen molar-refractivity contribution in [2.24, 2.45) is 4.99 Å². The van der Waals surface area contributed by atoms with Crippen molar-refractivity contribution in [3.8, 4) is 5.75 Å². The van der Waals surface area contributed by atoms with Crippen molar-refractivity contribution in [1.29, 1.82) is 0 Å². The molecule has 1 fully saturated rings. The first-order valence-corrected chi connectivity index (χ1v) is 8.06. The highest BCUT2D eigenvalue weighted by molar-refractivity contribution is 5.80. The van der Waals surface area contributed by atoms with Crippen LogP contribution in [-0.2, 0) is 6.54 Å². The molecule has 2 atom stereocenters. The molecular formula is C19H22FN3O. The number of methoxy groups -OCH3 is 1. The molecule has 2 aromatic rings. The van der Waals surface area contributed by atoms with Gasteiger partial charge in [-0.15, -0.1) is 0 Å². The first-order valence-electron chi connectivity index (χ1n) is 8.06. The van der Waals surface area contributed by atoms with E-state index in [2.05, 4.69) is 15.6 Å². The molecule has 5 heteroatoms. The fraction of sp³-hybridized carbons (Fsp3) is 0.316. The summed E-state index contributed by atoms with van der Waals surface area (Å²) in [5.74, 6) is 1.63. The Morgan fingerprint density at radius 1 is 1.25 bits per heavy atom. The van der Waals surface area contributed by atoms with E-state index in [9.17, 15) is 4.39 Å². The van der Waals surface area contributed by atoms with Crippen LogP contribution >= 0.6 is 0 Å². The topological polar surface area (TPSA) is 45.7 Å². The molecule has 24 heavy (non-hydrogen) atoms. The third kappa shape index (κ3) is 3.85. The first-order chi connectivity index (χ1) is 11.7. The van der Waals surface area contributed by atoms with Gasteiger partial charge in [-0.05, 0) is 35.7 Å². The van der Waals surface area contributed by atoms with Gasteiger partial charge in [0.2, 0.25) is 0 Å². The zero-order valence-corrected chi connectivity index (χ0v) is 13.9. The molecule has 1 aliphatic carbocycles. The molecule has 0 heterocycles. The Hall–Kier alpha value is -2.56. The number of ether oxygens (including phenoxy) is 1. The molecule has 0 amide bonds. The Labute approximate surface area is 141 Å².